The number of nitriles is 1. The van der Waals surface area contributed by atoms with Crippen molar-refractivity contribution in [2.24, 2.45) is 0 Å². The van der Waals surface area contributed by atoms with Gasteiger partial charge >= 0.3 is 0 Å². The van der Waals surface area contributed by atoms with Crippen molar-refractivity contribution in [2.75, 3.05) is 0 Å². The Hall–Kier alpha value is -3.10. The van der Waals surface area contributed by atoms with Gasteiger partial charge in [-0.05, 0) is 61.9 Å². The second kappa shape index (κ2) is 8.84. The van der Waals surface area contributed by atoms with Crippen molar-refractivity contribution >= 4 is 29.5 Å². The van der Waals surface area contributed by atoms with E-state index in [9.17, 15) is 9.59 Å². The van der Waals surface area contributed by atoms with E-state index in [4.69, 9.17) is 16.9 Å². The predicted molar refractivity (Wildman–Crippen MR) is 101 cm³/mol. The molecule has 5 nitrogen and oxygen atoms in total. The second-order valence-electron chi connectivity index (χ2n) is 5.88. The third kappa shape index (κ3) is 5.47. The molecule has 132 valence electrons. The van der Waals surface area contributed by atoms with Crippen LogP contribution in [-0.4, -0.2) is 17.9 Å². The molecule has 0 aliphatic carbocycles. The van der Waals surface area contributed by atoms with Gasteiger partial charge in [0.1, 0.15) is 5.70 Å². The maximum atomic E-state index is 12.5. The molecule has 0 aliphatic heterocycles. The van der Waals surface area contributed by atoms with Crippen LogP contribution in [-0.2, 0) is 4.79 Å². The highest BCUT2D eigenvalue weighted by molar-refractivity contribution is 6.30. The number of nitrogens with zero attached hydrogens (tertiary/aromatic N) is 1. The maximum Gasteiger partial charge on any atom is 0.268 e. The molecule has 0 saturated heterocycles. The van der Waals surface area contributed by atoms with Crippen LogP contribution in [0.3, 0.4) is 0 Å². The van der Waals surface area contributed by atoms with Crippen LogP contribution < -0.4 is 10.6 Å². The zero-order valence-corrected chi connectivity index (χ0v) is 15.2. The number of carbonyl (C=O) groups is 2. The van der Waals surface area contributed by atoms with Crippen molar-refractivity contribution < 1.29 is 9.59 Å². The normalized spacial score (nSPS) is 11.0. The Morgan fingerprint density at radius 1 is 1.08 bits per heavy atom. The summed E-state index contributed by atoms with van der Waals surface area (Å²) in [4.78, 5) is 24.9. The number of rotatable bonds is 5. The van der Waals surface area contributed by atoms with Gasteiger partial charge in [-0.2, -0.15) is 5.26 Å². The highest BCUT2D eigenvalue weighted by Gasteiger charge is 2.15. The number of benzene rings is 2. The van der Waals surface area contributed by atoms with Gasteiger partial charge in [0.2, 0.25) is 0 Å². The number of carbonyl (C=O) groups excluding carboxylic acids is 2. The Morgan fingerprint density at radius 3 is 2.23 bits per heavy atom. The van der Waals surface area contributed by atoms with E-state index >= 15 is 0 Å². The highest BCUT2D eigenvalue weighted by atomic mass is 35.5. The smallest absolute Gasteiger partial charge is 0.268 e. The number of hydrogen-bond acceptors (Lipinski definition) is 3. The molecule has 0 bridgehead atoms. The molecule has 0 fully saturated rings. The fraction of sp³-hybridized carbons (Fsp3) is 0.150. The molecular weight excluding hydrogens is 350 g/mol. The van der Waals surface area contributed by atoms with Crippen molar-refractivity contribution in [1.82, 2.24) is 10.6 Å². The summed E-state index contributed by atoms with van der Waals surface area (Å²) in [6.45, 7) is 3.67. The lowest BCUT2D eigenvalue weighted by Crippen LogP contribution is -2.38. The first-order chi connectivity index (χ1) is 12.4. The molecule has 0 saturated carbocycles. The summed E-state index contributed by atoms with van der Waals surface area (Å²) in [5.41, 5.74) is 1.65. The molecule has 0 atom stereocenters. The van der Waals surface area contributed by atoms with E-state index in [1.807, 2.05) is 19.9 Å². The molecule has 0 radical (unpaired) electrons. The highest BCUT2D eigenvalue weighted by Crippen LogP contribution is 2.13. The monoisotopic (exact) mass is 367 g/mol. The van der Waals surface area contributed by atoms with Gasteiger partial charge in [-0.25, -0.2) is 0 Å². The summed E-state index contributed by atoms with van der Waals surface area (Å²) in [5.74, 6) is -0.828. The minimum Gasteiger partial charge on any atom is -0.349 e. The second-order valence-corrected chi connectivity index (χ2v) is 6.32. The molecule has 2 rings (SSSR count). The van der Waals surface area contributed by atoms with Gasteiger partial charge in [-0.15, -0.1) is 0 Å². The van der Waals surface area contributed by atoms with E-state index in [-0.39, 0.29) is 11.7 Å². The van der Waals surface area contributed by atoms with E-state index in [0.29, 0.717) is 16.1 Å². The molecule has 0 unspecified atom stereocenters. The van der Waals surface area contributed by atoms with E-state index < -0.39 is 11.8 Å². The van der Waals surface area contributed by atoms with E-state index in [1.54, 1.807) is 42.5 Å². The third-order valence-electron chi connectivity index (χ3n) is 3.37. The van der Waals surface area contributed by atoms with Crippen molar-refractivity contribution in [3.05, 3.63) is 75.9 Å². The molecule has 0 aromatic heterocycles. The predicted octanol–water partition coefficient (Wildman–Crippen LogP) is 3.51. The zero-order valence-electron chi connectivity index (χ0n) is 14.4. The Bertz CT molecular complexity index is 863. The van der Waals surface area contributed by atoms with Gasteiger partial charge < -0.3 is 10.6 Å². The van der Waals surface area contributed by atoms with Gasteiger partial charge in [-0.1, -0.05) is 23.7 Å². The Kier molecular flexibility index (Phi) is 6.54. The van der Waals surface area contributed by atoms with Gasteiger partial charge in [0.15, 0.2) is 0 Å². The molecule has 0 aliphatic rings. The number of hydrogen-bond donors (Lipinski definition) is 2. The van der Waals surface area contributed by atoms with Gasteiger partial charge in [-0.3, -0.25) is 9.59 Å². The first-order valence-electron chi connectivity index (χ1n) is 7.98. The topological polar surface area (TPSA) is 82.0 Å². The maximum absolute atomic E-state index is 12.5. The fourth-order valence-electron chi connectivity index (χ4n) is 2.11. The molecule has 2 amide bonds. The van der Waals surface area contributed by atoms with Crippen molar-refractivity contribution in [3.8, 4) is 6.07 Å². The zero-order chi connectivity index (χ0) is 19.1. The summed E-state index contributed by atoms with van der Waals surface area (Å²) in [5, 5.41) is 14.8. The largest absolute Gasteiger partial charge is 0.349 e. The van der Waals surface area contributed by atoms with Crippen LogP contribution in [0.4, 0.5) is 0 Å². The van der Waals surface area contributed by atoms with Crippen LogP contribution in [0.1, 0.15) is 35.3 Å². The number of nitrogens with one attached hydrogen (secondary N) is 2. The summed E-state index contributed by atoms with van der Waals surface area (Å²) >= 11 is 5.88. The lowest BCUT2D eigenvalue weighted by atomic mass is 10.1. The summed E-state index contributed by atoms with van der Waals surface area (Å²) in [7, 11) is 0. The van der Waals surface area contributed by atoms with Crippen molar-refractivity contribution in [1.29, 1.82) is 5.26 Å². The van der Waals surface area contributed by atoms with Crippen molar-refractivity contribution in [2.45, 2.75) is 19.9 Å². The lowest BCUT2D eigenvalue weighted by Gasteiger charge is -2.13. The molecule has 26 heavy (non-hydrogen) atoms. The van der Waals surface area contributed by atoms with Crippen molar-refractivity contribution in [3.63, 3.8) is 0 Å². The molecule has 6 heteroatoms. The minimum absolute atomic E-state index is 0.0806. The van der Waals surface area contributed by atoms with Crippen LogP contribution in [0, 0.1) is 11.3 Å². The standard InChI is InChI=1S/C20H18ClN3O2/c1-13(2)23-20(26)18(11-14-5-9-17(21)10-6-14)24-19(25)16-7-3-15(12-22)4-8-16/h3-11,13H,1-2H3,(H,23,26)(H,24,25)/b18-11+. The van der Waals surface area contributed by atoms with Gasteiger partial charge in [0.05, 0.1) is 11.6 Å². The van der Waals surface area contributed by atoms with Crippen LogP contribution in [0.2, 0.25) is 5.02 Å². The molecule has 2 N–H and O–H groups in total. The molecule has 0 spiro atoms. The molecule has 0 heterocycles. The van der Waals surface area contributed by atoms with Gasteiger partial charge in [0.25, 0.3) is 11.8 Å². The first-order valence-corrected chi connectivity index (χ1v) is 8.36. The average molecular weight is 368 g/mol. The number of amides is 2. The Labute approximate surface area is 157 Å². The van der Waals surface area contributed by atoms with Crippen LogP contribution >= 0.6 is 11.6 Å². The summed E-state index contributed by atoms with van der Waals surface area (Å²) in [6, 6.07) is 15.0. The SMILES string of the molecule is CC(C)NC(=O)/C(=C\c1ccc(Cl)cc1)NC(=O)c1ccc(C#N)cc1. The average Bonchev–Trinajstić information content (AvgIpc) is 2.62. The van der Waals surface area contributed by atoms with Crippen LogP contribution in [0.15, 0.2) is 54.2 Å². The van der Waals surface area contributed by atoms with Crippen LogP contribution in [0.25, 0.3) is 6.08 Å². The summed E-state index contributed by atoms with van der Waals surface area (Å²) in [6.07, 6.45) is 1.58. The summed E-state index contributed by atoms with van der Waals surface area (Å²) < 4.78 is 0. The fourth-order valence-corrected chi connectivity index (χ4v) is 2.24. The van der Waals surface area contributed by atoms with Crippen LogP contribution in [0.5, 0.6) is 0 Å². The quantitative estimate of drug-likeness (QED) is 0.793. The molecule has 2 aromatic carbocycles. The van der Waals surface area contributed by atoms with E-state index in [0.717, 1.165) is 5.56 Å². The minimum atomic E-state index is -0.436. The first kappa shape index (κ1) is 19.2. The van der Waals surface area contributed by atoms with Gasteiger partial charge in [0, 0.05) is 16.6 Å². The molecular formula is C20H18ClN3O2. The van der Waals surface area contributed by atoms with E-state index in [1.165, 1.54) is 12.1 Å². The molecule has 2 aromatic rings. The Morgan fingerprint density at radius 2 is 1.69 bits per heavy atom. The third-order valence-corrected chi connectivity index (χ3v) is 3.62. The number of halogens is 1. The Balaban J connectivity index is 2.27. The van der Waals surface area contributed by atoms with E-state index in [2.05, 4.69) is 10.6 Å². The lowest BCUT2D eigenvalue weighted by molar-refractivity contribution is -0.118.